The van der Waals surface area contributed by atoms with Crippen LogP contribution >= 0.6 is 15.9 Å². The maximum Gasteiger partial charge on any atom is 0.245 e. The van der Waals surface area contributed by atoms with E-state index in [2.05, 4.69) is 26.4 Å². The van der Waals surface area contributed by atoms with Crippen molar-refractivity contribution in [3.63, 3.8) is 0 Å². The fourth-order valence-corrected chi connectivity index (χ4v) is 2.05. The minimum absolute atomic E-state index is 0.430. The minimum atomic E-state index is -0.889. The summed E-state index contributed by atoms with van der Waals surface area (Å²) in [5.41, 5.74) is 1.69. The quantitative estimate of drug-likeness (QED) is 0.926. The molecule has 6 nitrogen and oxygen atoms in total. The lowest BCUT2D eigenvalue weighted by Gasteiger charge is -2.23. The number of anilines is 1. The first-order chi connectivity index (χ1) is 8.15. The monoisotopic (exact) mass is 300 g/mol. The van der Waals surface area contributed by atoms with E-state index in [1.807, 2.05) is 18.2 Å². The van der Waals surface area contributed by atoms with Gasteiger partial charge in [0.2, 0.25) is 6.35 Å². The van der Waals surface area contributed by atoms with E-state index in [9.17, 15) is 5.11 Å². The molecule has 92 valence electrons. The van der Waals surface area contributed by atoms with Crippen LogP contribution in [0.25, 0.3) is 0 Å². The lowest BCUT2D eigenvalue weighted by molar-refractivity contribution is 0.0455. The molecular formula is C10H13BrN4O2. The Balaban J connectivity index is 2.38. The van der Waals surface area contributed by atoms with Crippen molar-refractivity contribution in [1.29, 1.82) is 0 Å². The van der Waals surface area contributed by atoms with Gasteiger partial charge in [0.1, 0.15) is 0 Å². The Kier molecular flexibility index (Phi) is 3.60. The summed E-state index contributed by atoms with van der Waals surface area (Å²) in [4.78, 5) is 0. The Morgan fingerprint density at radius 1 is 1.47 bits per heavy atom. The summed E-state index contributed by atoms with van der Waals surface area (Å²) in [6.07, 6.45) is -0.889. The van der Waals surface area contributed by atoms with Crippen molar-refractivity contribution in [2.24, 2.45) is 10.4 Å². The molecule has 1 aromatic carbocycles. The fraction of sp³-hybridized carbons (Fsp3) is 0.400. The largest absolute Gasteiger partial charge is 0.380 e. The average Bonchev–Trinajstić information content (AvgIpc) is 2.63. The lowest BCUT2D eigenvalue weighted by Crippen LogP contribution is -2.36. The molecule has 0 saturated heterocycles. The summed E-state index contributed by atoms with van der Waals surface area (Å²) in [5.74, 6) is 0. The normalized spacial score (nSPS) is 19.2. The Morgan fingerprint density at radius 3 is 2.82 bits per heavy atom. The van der Waals surface area contributed by atoms with Gasteiger partial charge in [-0.3, -0.25) is 0 Å². The van der Waals surface area contributed by atoms with E-state index < -0.39 is 6.35 Å². The van der Waals surface area contributed by atoms with Crippen LogP contribution in [-0.2, 0) is 11.3 Å². The third-order valence-corrected chi connectivity index (χ3v) is 3.20. The predicted molar refractivity (Wildman–Crippen MR) is 66.0 cm³/mol. The molecule has 1 aliphatic heterocycles. The van der Waals surface area contributed by atoms with E-state index in [1.165, 1.54) is 10.0 Å². The first-order valence-corrected chi connectivity index (χ1v) is 5.82. The topological polar surface area (TPSA) is 60.7 Å². The first kappa shape index (κ1) is 12.3. The van der Waals surface area contributed by atoms with Gasteiger partial charge in [-0.2, -0.15) is 5.01 Å². The van der Waals surface area contributed by atoms with E-state index in [-0.39, 0.29) is 0 Å². The van der Waals surface area contributed by atoms with Crippen LogP contribution < -0.4 is 5.01 Å². The summed E-state index contributed by atoms with van der Waals surface area (Å²) in [6.45, 7) is 0.430. The second-order valence-electron chi connectivity index (χ2n) is 3.61. The molecule has 0 aromatic heterocycles. The number of nitrogens with zero attached hydrogens (tertiary/aromatic N) is 4. The van der Waals surface area contributed by atoms with Gasteiger partial charge in [0.25, 0.3) is 0 Å². The number of rotatable bonds is 3. The number of aliphatic hydroxyl groups is 1. The summed E-state index contributed by atoms with van der Waals surface area (Å²) in [7, 11) is 3.28. The second kappa shape index (κ2) is 4.99. The molecule has 0 saturated carbocycles. The van der Waals surface area contributed by atoms with Crippen molar-refractivity contribution in [2.75, 3.05) is 19.2 Å². The van der Waals surface area contributed by atoms with Gasteiger partial charge in [0, 0.05) is 24.2 Å². The molecule has 0 radical (unpaired) electrons. The van der Waals surface area contributed by atoms with Gasteiger partial charge in [-0.25, -0.2) is 5.01 Å². The molecule has 7 heteroatoms. The van der Waals surface area contributed by atoms with Crippen molar-refractivity contribution in [1.82, 2.24) is 5.01 Å². The fourth-order valence-electron chi connectivity index (χ4n) is 1.58. The molecule has 1 aliphatic rings. The van der Waals surface area contributed by atoms with Crippen LogP contribution in [0.15, 0.2) is 33.1 Å². The van der Waals surface area contributed by atoms with Crippen molar-refractivity contribution in [2.45, 2.75) is 13.0 Å². The Labute approximate surface area is 108 Å². The maximum absolute atomic E-state index is 9.90. The van der Waals surface area contributed by atoms with E-state index >= 15 is 0 Å². The highest BCUT2D eigenvalue weighted by molar-refractivity contribution is 9.10. The number of benzene rings is 1. The molecule has 1 atom stereocenters. The Bertz CT molecular complexity index is 440. The van der Waals surface area contributed by atoms with Gasteiger partial charge < -0.3 is 9.84 Å². The van der Waals surface area contributed by atoms with Gasteiger partial charge in [-0.15, -0.1) is 0 Å². The molecule has 0 fully saturated rings. The lowest BCUT2D eigenvalue weighted by atomic mass is 10.2. The highest BCUT2D eigenvalue weighted by atomic mass is 79.9. The van der Waals surface area contributed by atoms with E-state index in [1.54, 1.807) is 14.2 Å². The van der Waals surface area contributed by atoms with E-state index in [0.717, 1.165) is 15.7 Å². The molecule has 1 heterocycles. The molecule has 0 spiro atoms. The average molecular weight is 301 g/mol. The molecule has 1 aromatic rings. The number of hydrogen-bond acceptors (Lipinski definition) is 6. The van der Waals surface area contributed by atoms with Gasteiger partial charge in [-0.05, 0) is 22.6 Å². The van der Waals surface area contributed by atoms with Crippen LogP contribution in [0, 0.1) is 0 Å². The van der Waals surface area contributed by atoms with Gasteiger partial charge >= 0.3 is 0 Å². The third-order valence-electron chi connectivity index (χ3n) is 2.46. The highest BCUT2D eigenvalue weighted by Gasteiger charge is 2.28. The van der Waals surface area contributed by atoms with Crippen LogP contribution in [0.2, 0.25) is 0 Å². The number of ether oxygens (including phenoxy) is 1. The zero-order chi connectivity index (χ0) is 12.4. The second-order valence-corrected chi connectivity index (χ2v) is 4.47. The van der Waals surface area contributed by atoms with Crippen LogP contribution in [0.3, 0.4) is 0 Å². The molecule has 17 heavy (non-hydrogen) atoms. The maximum atomic E-state index is 9.90. The van der Waals surface area contributed by atoms with Crippen molar-refractivity contribution >= 4 is 21.6 Å². The third kappa shape index (κ3) is 2.26. The van der Waals surface area contributed by atoms with Crippen LogP contribution in [-0.4, -0.2) is 30.6 Å². The van der Waals surface area contributed by atoms with Gasteiger partial charge in [-0.1, -0.05) is 22.0 Å². The van der Waals surface area contributed by atoms with E-state index in [0.29, 0.717) is 6.61 Å². The summed E-state index contributed by atoms with van der Waals surface area (Å²) in [5, 5.41) is 20.4. The smallest absolute Gasteiger partial charge is 0.245 e. The summed E-state index contributed by atoms with van der Waals surface area (Å²) < 4.78 is 6.06. The van der Waals surface area contributed by atoms with Gasteiger partial charge in [0.15, 0.2) is 0 Å². The SMILES string of the molecule is COCc1c(Br)cccc1N1N=NN(C)C1O. The zero-order valence-corrected chi connectivity index (χ0v) is 11.1. The Hall–Kier alpha value is -1.18. The molecule has 1 N–H and O–H groups in total. The molecule has 1 unspecified atom stereocenters. The molecular weight excluding hydrogens is 288 g/mol. The standard InChI is InChI=1S/C10H13BrN4O2/c1-14-10(16)15(13-12-14)9-5-3-4-8(11)7(9)6-17-2/h3-5,10,16H,6H2,1-2H3. The summed E-state index contributed by atoms with van der Waals surface area (Å²) in [6, 6.07) is 5.65. The van der Waals surface area contributed by atoms with Gasteiger partial charge in [0.05, 0.1) is 12.3 Å². The number of halogens is 1. The predicted octanol–water partition coefficient (Wildman–Crippen LogP) is 1.91. The van der Waals surface area contributed by atoms with Crippen LogP contribution in [0.1, 0.15) is 5.56 Å². The zero-order valence-electron chi connectivity index (χ0n) is 9.54. The van der Waals surface area contributed by atoms with Crippen molar-refractivity contribution in [3.8, 4) is 0 Å². The number of hydrogen-bond donors (Lipinski definition) is 1. The van der Waals surface area contributed by atoms with Crippen LogP contribution in [0.4, 0.5) is 5.69 Å². The Morgan fingerprint density at radius 2 is 2.24 bits per heavy atom. The van der Waals surface area contributed by atoms with Crippen molar-refractivity contribution in [3.05, 3.63) is 28.2 Å². The first-order valence-electron chi connectivity index (χ1n) is 5.03. The van der Waals surface area contributed by atoms with Crippen LogP contribution in [0.5, 0.6) is 0 Å². The molecule has 0 amide bonds. The minimum Gasteiger partial charge on any atom is -0.380 e. The molecule has 2 rings (SSSR count). The molecule has 0 bridgehead atoms. The number of methoxy groups -OCH3 is 1. The van der Waals surface area contributed by atoms with Crippen molar-refractivity contribution < 1.29 is 9.84 Å². The molecule has 0 aliphatic carbocycles. The van der Waals surface area contributed by atoms with E-state index in [4.69, 9.17) is 4.74 Å². The highest BCUT2D eigenvalue weighted by Crippen LogP contribution is 2.32. The summed E-state index contributed by atoms with van der Waals surface area (Å²) >= 11 is 3.46. The number of aliphatic hydroxyl groups excluding tert-OH is 1.